The summed E-state index contributed by atoms with van der Waals surface area (Å²) in [5.74, 6) is -0.0338. The first-order chi connectivity index (χ1) is 15.6. The lowest BCUT2D eigenvalue weighted by Gasteiger charge is -2.30. The van der Waals surface area contributed by atoms with Gasteiger partial charge in [0.25, 0.3) is 5.91 Å². The van der Waals surface area contributed by atoms with Gasteiger partial charge in [-0.25, -0.2) is 0 Å². The summed E-state index contributed by atoms with van der Waals surface area (Å²) in [4.78, 5) is 30.1. The van der Waals surface area contributed by atoms with Gasteiger partial charge in [-0.2, -0.15) is 0 Å². The van der Waals surface area contributed by atoms with Gasteiger partial charge in [-0.3, -0.25) is 9.59 Å². The molecule has 0 spiro atoms. The molecule has 1 heterocycles. The molecule has 6 heteroatoms. The molecule has 1 aliphatic rings. The van der Waals surface area contributed by atoms with Crippen LogP contribution in [-0.2, 0) is 4.79 Å². The third-order valence-electron chi connectivity index (χ3n) is 6.34. The molecule has 2 N–H and O–H groups in total. The number of likely N-dealkylation sites (N-methyl/N-ethyl adjacent to an activating group) is 1. The maximum atomic E-state index is 13.1. The van der Waals surface area contributed by atoms with Crippen LogP contribution in [0.25, 0.3) is 0 Å². The molecule has 2 rings (SSSR count). The fourth-order valence-corrected chi connectivity index (χ4v) is 4.28. The number of hydrogen-bond donors (Lipinski definition) is 2. The minimum absolute atomic E-state index is 0.0279. The summed E-state index contributed by atoms with van der Waals surface area (Å²) in [6.45, 7) is 11.8. The summed E-state index contributed by atoms with van der Waals surface area (Å²) in [5, 5.41) is 6.10. The number of benzene rings is 1. The van der Waals surface area contributed by atoms with Crippen LogP contribution in [0, 0.1) is 0 Å². The van der Waals surface area contributed by atoms with Gasteiger partial charge in [0.1, 0.15) is 0 Å². The predicted octanol–water partition coefficient (Wildman–Crippen LogP) is 5.05. The molecule has 0 saturated carbocycles. The van der Waals surface area contributed by atoms with Gasteiger partial charge in [-0.05, 0) is 57.0 Å². The number of hydrogen-bond acceptors (Lipinski definition) is 4. The predicted molar refractivity (Wildman–Crippen MR) is 135 cm³/mol. The molecule has 1 fully saturated rings. The van der Waals surface area contributed by atoms with Crippen molar-refractivity contribution in [2.45, 2.75) is 78.6 Å². The second-order valence-electron chi connectivity index (χ2n) is 8.77. The zero-order chi connectivity index (χ0) is 23.2. The highest BCUT2D eigenvalue weighted by Gasteiger charge is 2.19. The lowest BCUT2D eigenvalue weighted by molar-refractivity contribution is -0.116. The Balaban J connectivity index is 2.04. The molecular formula is C26H44N4O2. The first-order valence-electron chi connectivity index (χ1n) is 12.8. The van der Waals surface area contributed by atoms with Gasteiger partial charge < -0.3 is 20.4 Å². The van der Waals surface area contributed by atoms with Crippen molar-refractivity contribution in [3.05, 3.63) is 23.8 Å². The van der Waals surface area contributed by atoms with Gasteiger partial charge in [0.05, 0.1) is 5.56 Å². The largest absolute Gasteiger partial charge is 0.371 e. The molecule has 6 nitrogen and oxygen atoms in total. The van der Waals surface area contributed by atoms with E-state index in [-0.39, 0.29) is 11.8 Å². The Hall–Kier alpha value is -2.08. The zero-order valence-electron chi connectivity index (χ0n) is 20.5. The van der Waals surface area contributed by atoms with Gasteiger partial charge in [0, 0.05) is 44.0 Å². The van der Waals surface area contributed by atoms with E-state index in [1.807, 2.05) is 18.2 Å². The Morgan fingerprint density at radius 1 is 0.969 bits per heavy atom. The van der Waals surface area contributed by atoms with E-state index in [0.29, 0.717) is 24.2 Å². The smallest absolute Gasteiger partial charge is 0.253 e. The number of rotatable bonds is 14. The zero-order valence-corrected chi connectivity index (χ0v) is 20.5. The Bertz CT molecular complexity index is 697. The van der Waals surface area contributed by atoms with Crippen LogP contribution in [0.4, 0.5) is 11.4 Å². The first kappa shape index (κ1) is 26.2. The second kappa shape index (κ2) is 14.9. The van der Waals surface area contributed by atoms with E-state index in [1.165, 1.54) is 25.7 Å². The van der Waals surface area contributed by atoms with Crippen molar-refractivity contribution in [2.75, 3.05) is 49.5 Å². The molecule has 1 aliphatic heterocycles. The van der Waals surface area contributed by atoms with Crippen molar-refractivity contribution in [1.29, 1.82) is 0 Å². The SMILES string of the molecule is CCCCCCCC(=O)Nc1ccc(N2CCCCC2)c(C(=O)NCCN(CC)CC)c1. The molecule has 1 aromatic rings. The topological polar surface area (TPSA) is 64.7 Å². The van der Waals surface area contributed by atoms with Crippen LogP contribution < -0.4 is 15.5 Å². The minimum atomic E-state index is -0.0617. The number of nitrogens with one attached hydrogen (secondary N) is 2. The molecule has 0 aliphatic carbocycles. The molecule has 0 aromatic heterocycles. The summed E-state index contributed by atoms with van der Waals surface area (Å²) >= 11 is 0. The summed E-state index contributed by atoms with van der Waals surface area (Å²) in [7, 11) is 0. The van der Waals surface area contributed by atoms with Crippen LogP contribution in [0.15, 0.2) is 18.2 Å². The first-order valence-corrected chi connectivity index (χ1v) is 12.8. The molecule has 1 saturated heterocycles. The monoisotopic (exact) mass is 444 g/mol. The van der Waals surface area contributed by atoms with Crippen molar-refractivity contribution in [3.8, 4) is 0 Å². The molecule has 180 valence electrons. The normalized spacial score (nSPS) is 13.9. The Morgan fingerprint density at radius 3 is 2.38 bits per heavy atom. The van der Waals surface area contributed by atoms with E-state index in [2.05, 4.69) is 41.2 Å². The highest BCUT2D eigenvalue weighted by molar-refractivity contribution is 6.02. The van der Waals surface area contributed by atoms with Gasteiger partial charge >= 0.3 is 0 Å². The number of piperidine rings is 1. The quantitative estimate of drug-likeness (QED) is 0.394. The summed E-state index contributed by atoms with van der Waals surface area (Å²) < 4.78 is 0. The maximum absolute atomic E-state index is 13.1. The lowest BCUT2D eigenvalue weighted by Crippen LogP contribution is -2.36. The Morgan fingerprint density at radius 2 is 1.69 bits per heavy atom. The van der Waals surface area contributed by atoms with Gasteiger partial charge in [-0.1, -0.05) is 46.5 Å². The van der Waals surface area contributed by atoms with Crippen molar-refractivity contribution in [2.24, 2.45) is 0 Å². The van der Waals surface area contributed by atoms with Crippen molar-refractivity contribution in [1.82, 2.24) is 10.2 Å². The molecule has 1 aromatic carbocycles. The maximum Gasteiger partial charge on any atom is 0.253 e. The van der Waals surface area contributed by atoms with Gasteiger partial charge in [0.2, 0.25) is 5.91 Å². The van der Waals surface area contributed by atoms with E-state index >= 15 is 0 Å². The fraction of sp³-hybridized carbons (Fsp3) is 0.692. The van der Waals surface area contributed by atoms with Crippen LogP contribution in [0.2, 0.25) is 0 Å². The van der Waals surface area contributed by atoms with E-state index in [4.69, 9.17) is 0 Å². The average molecular weight is 445 g/mol. The van der Waals surface area contributed by atoms with E-state index < -0.39 is 0 Å². The van der Waals surface area contributed by atoms with E-state index in [9.17, 15) is 9.59 Å². The number of anilines is 2. The van der Waals surface area contributed by atoms with Crippen molar-refractivity contribution in [3.63, 3.8) is 0 Å². The molecule has 32 heavy (non-hydrogen) atoms. The summed E-state index contributed by atoms with van der Waals surface area (Å²) in [6, 6.07) is 5.79. The Labute approximate surface area is 195 Å². The van der Waals surface area contributed by atoms with Crippen molar-refractivity contribution < 1.29 is 9.59 Å². The molecule has 0 unspecified atom stereocenters. The molecular weight excluding hydrogens is 400 g/mol. The van der Waals surface area contributed by atoms with Crippen LogP contribution in [0.3, 0.4) is 0 Å². The number of carbonyl (C=O) groups is 2. The summed E-state index contributed by atoms with van der Waals surface area (Å²) in [5.41, 5.74) is 2.34. The fourth-order valence-electron chi connectivity index (χ4n) is 4.28. The highest BCUT2D eigenvalue weighted by atomic mass is 16.2. The third kappa shape index (κ3) is 8.81. The average Bonchev–Trinajstić information content (AvgIpc) is 2.82. The second-order valence-corrected chi connectivity index (χ2v) is 8.77. The minimum Gasteiger partial charge on any atom is -0.371 e. The van der Waals surface area contributed by atoms with Crippen LogP contribution in [0.1, 0.15) is 88.9 Å². The van der Waals surface area contributed by atoms with Crippen LogP contribution >= 0.6 is 0 Å². The molecule has 0 atom stereocenters. The third-order valence-corrected chi connectivity index (χ3v) is 6.34. The van der Waals surface area contributed by atoms with Crippen LogP contribution in [0.5, 0.6) is 0 Å². The number of amides is 2. The van der Waals surface area contributed by atoms with Crippen molar-refractivity contribution >= 4 is 23.2 Å². The lowest BCUT2D eigenvalue weighted by atomic mass is 10.1. The molecule has 2 amide bonds. The standard InChI is InChI=1S/C26H44N4O2/c1-4-7-8-9-11-14-25(31)28-22-15-16-24(30-18-12-10-13-19-30)23(21-22)26(32)27-17-20-29(5-2)6-3/h15-16,21H,4-14,17-20H2,1-3H3,(H,27,32)(H,28,31). The Kier molecular flexibility index (Phi) is 12.2. The van der Waals surface area contributed by atoms with E-state index in [1.54, 1.807) is 0 Å². The van der Waals surface area contributed by atoms with E-state index in [0.717, 1.165) is 64.1 Å². The summed E-state index contributed by atoms with van der Waals surface area (Å²) in [6.07, 6.45) is 9.70. The van der Waals surface area contributed by atoms with Crippen LogP contribution in [-0.4, -0.2) is 56.0 Å². The molecule has 0 radical (unpaired) electrons. The number of carbonyl (C=O) groups excluding carboxylic acids is 2. The van der Waals surface area contributed by atoms with Gasteiger partial charge in [0.15, 0.2) is 0 Å². The molecule has 0 bridgehead atoms. The number of nitrogens with zero attached hydrogens (tertiary/aromatic N) is 2. The van der Waals surface area contributed by atoms with Gasteiger partial charge in [-0.15, -0.1) is 0 Å². The number of unbranched alkanes of at least 4 members (excludes halogenated alkanes) is 4. The highest BCUT2D eigenvalue weighted by Crippen LogP contribution is 2.27.